The molecule has 2 aromatic rings. The van der Waals surface area contributed by atoms with Crippen LogP contribution in [-0.4, -0.2) is 20.6 Å². The summed E-state index contributed by atoms with van der Waals surface area (Å²) in [5.74, 6) is 0.546. The number of nitrogen functional groups attached to an aromatic ring is 1. The molecule has 0 bridgehead atoms. The van der Waals surface area contributed by atoms with Gasteiger partial charge in [-0.25, -0.2) is 4.98 Å². The molecule has 0 fully saturated rings. The molecule has 0 radical (unpaired) electrons. The molecule has 0 amide bonds. The topological polar surface area (TPSA) is 43.8 Å². The van der Waals surface area contributed by atoms with Gasteiger partial charge in [-0.05, 0) is 38.3 Å². The van der Waals surface area contributed by atoms with Gasteiger partial charge in [0.25, 0.3) is 0 Å². The molecule has 92 valence electrons. The third-order valence-corrected chi connectivity index (χ3v) is 4.30. The van der Waals surface area contributed by atoms with Crippen molar-refractivity contribution in [2.45, 2.75) is 25.1 Å². The predicted octanol–water partition coefficient (Wildman–Crippen LogP) is 3.41. The number of hydrogen-bond donors (Lipinski definition) is 1. The lowest BCUT2D eigenvalue weighted by Gasteiger charge is -2.23. The number of rotatable bonds is 3. The number of nitrogens with zero attached hydrogens (tertiary/aromatic N) is 2. The van der Waals surface area contributed by atoms with Crippen LogP contribution in [-0.2, 0) is 6.54 Å². The minimum Gasteiger partial charge on any atom is -0.369 e. The number of imidazole rings is 1. The van der Waals surface area contributed by atoms with Gasteiger partial charge in [-0.15, -0.1) is 0 Å². The monoisotopic (exact) mass is 269 g/mol. The molecule has 17 heavy (non-hydrogen) atoms. The zero-order valence-corrected chi connectivity index (χ0v) is 11.8. The van der Waals surface area contributed by atoms with Crippen LogP contribution in [0, 0.1) is 0 Å². The molecule has 0 saturated heterocycles. The summed E-state index contributed by atoms with van der Waals surface area (Å²) in [6, 6.07) is 5.68. The highest BCUT2D eigenvalue weighted by molar-refractivity contribution is 7.99. The first-order valence-electron chi connectivity index (χ1n) is 5.39. The molecule has 0 atom stereocenters. The quantitative estimate of drug-likeness (QED) is 0.929. The third kappa shape index (κ3) is 2.53. The fraction of sp³-hybridized carbons (Fsp3) is 0.417. The van der Waals surface area contributed by atoms with E-state index in [4.69, 9.17) is 17.3 Å². The molecule has 2 rings (SSSR count). The lowest BCUT2D eigenvalue weighted by molar-refractivity contribution is 0.585. The minimum atomic E-state index is 0.126. The van der Waals surface area contributed by atoms with Crippen molar-refractivity contribution >= 4 is 40.3 Å². The molecule has 3 nitrogen and oxygen atoms in total. The number of aromatic nitrogens is 2. The van der Waals surface area contributed by atoms with E-state index in [-0.39, 0.29) is 4.75 Å². The smallest absolute Gasteiger partial charge is 0.201 e. The highest BCUT2D eigenvalue weighted by Gasteiger charge is 2.20. The Hall–Kier alpha value is -0.870. The second-order valence-electron chi connectivity index (χ2n) is 4.65. The van der Waals surface area contributed by atoms with E-state index in [1.165, 1.54) is 0 Å². The number of anilines is 1. The molecule has 1 aromatic heterocycles. The van der Waals surface area contributed by atoms with Crippen LogP contribution in [0.2, 0.25) is 5.02 Å². The van der Waals surface area contributed by atoms with E-state index in [0.29, 0.717) is 11.0 Å². The Morgan fingerprint density at radius 2 is 2.18 bits per heavy atom. The molecule has 0 saturated carbocycles. The van der Waals surface area contributed by atoms with Gasteiger partial charge in [-0.2, -0.15) is 11.8 Å². The molecule has 1 heterocycles. The standard InChI is InChI=1S/C12H16ClN3S/c1-12(2,17-3)7-16-10-5-4-8(13)6-9(10)15-11(16)14/h4-6H,7H2,1-3H3,(H2,14,15). The minimum absolute atomic E-state index is 0.126. The summed E-state index contributed by atoms with van der Waals surface area (Å²) in [6.45, 7) is 5.22. The van der Waals surface area contributed by atoms with Gasteiger partial charge in [0.2, 0.25) is 5.95 Å². The summed E-state index contributed by atoms with van der Waals surface area (Å²) < 4.78 is 2.17. The summed E-state index contributed by atoms with van der Waals surface area (Å²) in [5, 5.41) is 0.686. The van der Waals surface area contributed by atoms with Crippen LogP contribution < -0.4 is 5.73 Å². The van der Waals surface area contributed by atoms with Crippen LogP contribution in [0.15, 0.2) is 18.2 Å². The number of fused-ring (bicyclic) bond motifs is 1. The Bertz CT molecular complexity index is 548. The number of nitrogens with two attached hydrogens (primary N) is 1. The largest absolute Gasteiger partial charge is 0.369 e. The Kier molecular flexibility index (Phi) is 3.27. The molecule has 0 spiro atoms. The molecular weight excluding hydrogens is 254 g/mol. The van der Waals surface area contributed by atoms with Crippen LogP contribution >= 0.6 is 23.4 Å². The Labute approximate surface area is 110 Å². The molecule has 1 aromatic carbocycles. The zero-order valence-electron chi connectivity index (χ0n) is 10.2. The van der Waals surface area contributed by atoms with Crippen molar-refractivity contribution in [2.24, 2.45) is 0 Å². The van der Waals surface area contributed by atoms with E-state index in [1.807, 2.05) is 34.5 Å². The fourth-order valence-corrected chi connectivity index (χ4v) is 2.16. The first-order valence-corrected chi connectivity index (χ1v) is 6.99. The average molecular weight is 270 g/mol. The number of halogens is 1. The van der Waals surface area contributed by atoms with Gasteiger partial charge >= 0.3 is 0 Å². The molecule has 0 aliphatic carbocycles. The van der Waals surface area contributed by atoms with E-state index in [2.05, 4.69) is 25.1 Å². The highest BCUT2D eigenvalue weighted by atomic mass is 35.5. The lowest BCUT2D eigenvalue weighted by Crippen LogP contribution is -2.23. The van der Waals surface area contributed by atoms with Crippen LogP contribution in [0.4, 0.5) is 5.95 Å². The van der Waals surface area contributed by atoms with E-state index in [1.54, 1.807) is 0 Å². The highest BCUT2D eigenvalue weighted by Crippen LogP contribution is 2.28. The SMILES string of the molecule is CSC(C)(C)Cn1c(N)nc2cc(Cl)ccc21. The van der Waals surface area contributed by atoms with Crippen LogP contribution in [0.1, 0.15) is 13.8 Å². The Balaban J connectivity index is 2.50. The average Bonchev–Trinajstić information content (AvgIpc) is 2.54. The van der Waals surface area contributed by atoms with Crippen molar-refractivity contribution in [3.63, 3.8) is 0 Å². The van der Waals surface area contributed by atoms with Crippen molar-refractivity contribution in [1.29, 1.82) is 0 Å². The van der Waals surface area contributed by atoms with Gasteiger partial charge in [-0.1, -0.05) is 11.6 Å². The van der Waals surface area contributed by atoms with E-state index >= 15 is 0 Å². The van der Waals surface area contributed by atoms with Gasteiger partial charge < -0.3 is 10.3 Å². The van der Waals surface area contributed by atoms with Gasteiger partial charge in [0, 0.05) is 16.3 Å². The van der Waals surface area contributed by atoms with E-state index < -0.39 is 0 Å². The van der Waals surface area contributed by atoms with Crippen molar-refractivity contribution < 1.29 is 0 Å². The van der Waals surface area contributed by atoms with Gasteiger partial charge in [0.1, 0.15) is 0 Å². The maximum Gasteiger partial charge on any atom is 0.201 e. The third-order valence-electron chi connectivity index (χ3n) is 2.83. The lowest BCUT2D eigenvalue weighted by atomic mass is 10.2. The summed E-state index contributed by atoms with van der Waals surface area (Å²) in [6.07, 6.45) is 2.10. The maximum absolute atomic E-state index is 5.96. The number of hydrogen-bond acceptors (Lipinski definition) is 3. The summed E-state index contributed by atoms with van der Waals surface area (Å²) in [4.78, 5) is 4.34. The van der Waals surface area contributed by atoms with Crippen molar-refractivity contribution in [1.82, 2.24) is 9.55 Å². The maximum atomic E-state index is 5.96. The molecule has 0 aliphatic heterocycles. The number of thioether (sulfide) groups is 1. The first kappa shape index (κ1) is 12.6. The summed E-state index contributed by atoms with van der Waals surface area (Å²) in [7, 11) is 0. The molecule has 0 unspecified atom stereocenters. The predicted molar refractivity (Wildman–Crippen MR) is 76.7 cm³/mol. The van der Waals surface area contributed by atoms with Crippen LogP contribution in [0.3, 0.4) is 0 Å². The van der Waals surface area contributed by atoms with Gasteiger partial charge in [0.15, 0.2) is 0 Å². The molecule has 2 N–H and O–H groups in total. The Morgan fingerprint density at radius 1 is 1.47 bits per heavy atom. The number of benzene rings is 1. The van der Waals surface area contributed by atoms with Gasteiger partial charge in [0.05, 0.1) is 11.0 Å². The normalized spacial score (nSPS) is 12.2. The van der Waals surface area contributed by atoms with E-state index in [0.717, 1.165) is 17.6 Å². The first-order chi connectivity index (χ1) is 7.93. The zero-order chi connectivity index (χ0) is 12.6. The molecule has 5 heteroatoms. The van der Waals surface area contributed by atoms with Gasteiger partial charge in [-0.3, -0.25) is 0 Å². The van der Waals surface area contributed by atoms with Crippen molar-refractivity contribution in [3.8, 4) is 0 Å². The molecular formula is C12H16ClN3S. The fourth-order valence-electron chi connectivity index (χ4n) is 1.73. The second-order valence-corrected chi connectivity index (χ2v) is 6.60. The second kappa shape index (κ2) is 4.42. The van der Waals surface area contributed by atoms with Crippen molar-refractivity contribution in [2.75, 3.05) is 12.0 Å². The van der Waals surface area contributed by atoms with Crippen LogP contribution in [0.25, 0.3) is 11.0 Å². The van der Waals surface area contributed by atoms with Crippen LogP contribution in [0.5, 0.6) is 0 Å². The summed E-state index contributed by atoms with van der Waals surface area (Å²) in [5.41, 5.74) is 7.85. The summed E-state index contributed by atoms with van der Waals surface area (Å²) >= 11 is 7.76. The Morgan fingerprint density at radius 3 is 2.82 bits per heavy atom. The molecule has 0 aliphatic rings. The van der Waals surface area contributed by atoms with E-state index in [9.17, 15) is 0 Å². The van der Waals surface area contributed by atoms with Crippen molar-refractivity contribution in [3.05, 3.63) is 23.2 Å².